The SMILES string of the molecule is COc1ccc(C(=O)Nc2ccc3n(c2=O)CC2CC3CN(S(=O)(=O)c3ccccc3)C2)cc1. The summed E-state index contributed by atoms with van der Waals surface area (Å²) in [6.07, 6.45) is 0.831. The Labute approximate surface area is 197 Å². The fourth-order valence-corrected chi connectivity index (χ4v) is 6.45. The van der Waals surface area contributed by atoms with Crippen LogP contribution in [0.15, 0.2) is 76.4 Å². The maximum atomic E-state index is 13.2. The zero-order valence-corrected chi connectivity index (χ0v) is 19.5. The highest BCUT2D eigenvalue weighted by atomic mass is 32.2. The van der Waals surface area contributed by atoms with E-state index in [1.54, 1.807) is 72.3 Å². The first-order valence-electron chi connectivity index (χ1n) is 11.1. The van der Waals surface area contributed by atoms with E-state index in [0.717, 1.165) is 12.1 Å². The van der Waals surface area contributed by atoms with Gasteiger partial charge in [-0.2, -0.15) is 4.31 Å². The van der Waals surface area contributed by atoms with E-state index in [4.69, 9.17) is 4.74 Å². The van der Waals surface area contributed by atoms with Crippen LogP contribution >= 0.6 is 0 Å². The number of nitrogens with zero attached hydrogens (tertiary/aromatic N) is 2. The summed E-state index contributed by atoms with van der Waals surface area (Å²) in [6.45, 7) is 1.10. The zero-order chi connectivity index (χ0) is 23.9. The van der Waals surface area contributed by atoms with E-state index in [1.165, 1.54) is 4.31 Å². The largest absolute Gasteiger partial charge is 0.497 e. The molecule has 1 N–H and O–H groups in total. The van der Waals surface area contributed by atoms with Gasteiger partial charge in [0.05, 0.1) is 12.0 Å². The number of rotatable bonds is 5. The lowest BCUT2D eigenvalue weighted by Crippen LogP contribution is -2.49. The minimum atomic E-state index is -3.60. The monoisotopic (exact) mass is 479 g/mol. The van der Waals surface area contributed by atoms with Crippen LogP contribution < -0.4 is 15.6 Å². The van der Waals surface area contributed by atoms with Gasteiger partial charge in [-0.15, -0.1) is 0 Å². The van der Waals surface area contributed by atoms with Crippen molar-refractivity contribution in [3.63, 3.8) is 0 Å². The molecule has 2 aliphatic heterocycles. The number of pyridine rings is 1. The standard InChI is InChI=1S/C25H25N3O5S/c1-33-20-9-7-18(8-10-20)24(29)26-22-11-12-23-19-13-17(15-28(23)25(22)30)14-27(16-19)34(31,32)21-5-3-2-4-6-21/h2-12,17,19H,13-16H2,1H3,(H,26,29). The Kier molecular flexibility index (Phi) is 5.75. The number of carbonyl (C=O) groups excluding carboxylic acids is 1. The Morgan fingerprint density at radius 3 is 2.41 bits per heavy atom. The van der Waals surface area contributed by atoms with Gasteiger partial charge in [0.15, 0.2) is 0 Å². The van der Waals surface area contributed by atoms with Crippen molar-refractivity contribution >= 4 is 21.6 Å². The minimum absolute atomic E-state index is 0.0231. The molecule has 176 valence electrons. The number of ether oxygens (including phenoxy) is 1. The molecule has 0 spiro atoms. The minimum Gasteiger partial charge on any atom is -0.497 e. The zero-order valence-electron chi connectivity index (χ0n) is 18.7. The summed E-state index contributed by atoms with van der Waals surface area (Å²) in [4.78, 5) is 26.1. The molecule has 0 saturated carbocycles. The summed E-state index contributed by atoms with van der Waals surface area (Å²) in [6, 6.07) is 18.5. The number of hydrogen-bond acceptors (Lipinski definition) is 5. The lowest BCUT2D eigenvalue weighted by Gasteiger charge is -2.42. The summed E-state index contributed by atoms with van der Waals surface area (Å²) < 4.78 is 34.6. The summed E-state index contributed by atoms with van der Waals surface area (Å²) in [5.74, 6) is 0.205. The van der Waals surface area contributed by atoms with Crippen molar-refractivity contribution in [3.8, 4) is 5.75 Å². The molecule has 3 aromatic rings. The predicted molar refractivity (Wildman–Crippen MR) is 128 cm³/mol. The van der Waals surface area contributed by atoms with Gasteiger partial charge in [-0.1, -0.05) is 18.2 Å². The average Bonchev–Trinajstić information content (AvgIpc) is 2.86. The number of hydrogen-bond donors (Lipinski definition) is 1. The molecular weight excluding hydrogens is 454 g/mol. The maximum absolute atomic E-state index is 13.2. The third kappa shape index (κ3) is 4.01. The van der Waals surface area contributed by atoms with E-state index in [-0.39, 0.29) is 33.9 Å². The van der Waals surface area contributed by atoms with Gasteiger partial charge in [-0.05, 0) is 60.9 Å². The molecule has 2 aliphatic rings. The van der Waals surface area contributed by atoms with Crippen LogP contribution in [0.4, 0.5) is 5.69 Å². The first-order chi connectivity index (χ1) is 16.4. The number of anilines is 1. The predicted octanol–water partition coefficient (Wildman–Crippen LogP) is 2.92. The first-order valence-corrected chi connectivity index (χ1v) is 12.5. The number of aromatic nitrogens is 1. The molecular formula is C25H25N3O5S. The molecule has 34 heavy (non-hydrogen) atoms. The second-order valence-electron chi connectivity index (χ2n) is 8.70. The van der Waals surface area contributed by atoms with Gasteiger partial charge in [-0.25, -0.2) is 8.42 Å². The summed E-state index contributed by atoms with van der Waals surface area (Å²) in [5.41, 5.74) is 1.16. The normalized spacial score (nSPS) is 19.8. The highest BCUT2D eigenvalue weighted by Gasteiger charge is 2.39. The number of nitrogens with one attached hydrogen (secondary N) is 1. The first kappa shape index (κ1) is 22.4. The molecule has 5 rings (SSSR count). The van der Waals surface area contributed by atoms with Gasteiger partial charge < -0.3 is 14.6 Å². The number of sulfonamides is 1. The smallest absolute Gasteiger partial charge is 0.274 e. The van der Waals surface area contributed by atoms with Crippen LogP contribution in [0.1, 0.15) is 28.4 Å². The number of fused-ring (bicyclic) bond motifs is 4. The van der Waals surface area contributed by atoms with Crippen LogP contribution in [0.2, 0.25) is 0 Å². The van der Waals surface area contributed by atoms with Crippen molar-refractivity contribution in [1.29, 1.82) is 0 Å². The van der Waals surface area contributed by atoms with E-state index in [2.05, 4.69) is 5.32 Å². The van der Waals surface area contributed by atoms with E-state index in [0.29, 0.717) is 30.9 Å². The van der Waals surface area contributed by atoms with Crippen LogP contribution in [-0.4, -0.2) is 43.4 Å². The van der Waals surface area contributed by atoms with Gasteiger partial charge in [0.25, 0.3) is 11.5 Å². The summed E-state index contributed by atoms with van der Waals surface area (Å²) in [7, 11) is -2.05. The Balaban J connectivity index is 1.38. The highest BCUT2D eigenvalue weighted by molar-refractivity contribution is 7.89. The third-order valence-corrected chi connectivity index (χ3v) is 8.40. The van der Waals surface area contributed by atoms with Crippen molar-refractivity contribution in [3.05, 3.63) is 88.3 Å². The molecule has 3 heterocycles. The van der Waals surface area contributed by atoms with Gasteiger partial charge in [-0.3, -0.25) is 9.59 Å². The molecule has 1 amide bonds. The molecule has 1 saturated heterocycles. The van der Waals surface area contributed by atoms with Crippen molar-refractivity contribution in [1.82, 2.24) is 8.87 Å². The lowest BCUT2D eigenvalue weighted by molar-refractivity contribution is 0.102. The molecule has 2 bridgehead atoms. The molecule has 0 radical (unpaired) electrons. The van der Waals surface area contributed by atoms with Crippen LogP contribution in [-0.2, 0) is 16.6 Å². The second-order valence-corrected chi connectivity index (χ2v) is 10.6. The van der Waals surface area contributed by atoms with E-state index in [1.807, 2.05) is 6.07 Å². The Hall–Kier alpha value is -3.43. The molecule has 9 heteroatoms. The van der Waals surface area contributed by atoms with Crippen LogP contribution in [0, 0.1) is 5.92 Å². The fourth-order valence-electron chi connectivity index (χ4n) is 4.87. The van der Waals surface area contributed by atoms with Crippen LogP contribution in [0.3, 0.4) is 0 Å². The number of carbonyl (C=O) groups is 1. The summed E-state index contributed by atoms with van der Waals surface area (Å²) in [5, 5.41) is 2.71. The maximum Gasteiger partial charge on any atom is 0.274 e. The number of benzene rings is 2. The molecule has 8 nitrogen and oxygen atoms in total. The van der Waals surface area contributed by atoms with E-state index < -0.39 is 10.0 Å². The van der Waals surface area contributed by atoms with Crippen molar-refractivity contribution in [2.24, 2.45) is 5.92 Å². The Morgan fingerprint density at radius 2 is 1.71 bits per heavy atom. The van der Waals surface area contributed by atoms with Crippen molar-refractivity contribution < 1.29 is 17.9 Å². The molecule has 2 atom stereocenters. The molecule has 1 aromatic heterocycles. The molecule has 0 aliphatic carbocycles. The van der Waals surface area contributed by atoms with E-state index >= 15 is 0 Å². The van der Waals surface area contributed by atoms with Crippen molar-refractivity contribution in [2.45, 2.75) is 23.8 Å². The van der Waals surface area contributed by atoms with Gasteiger partial charge in [0, 0.05) is 36.8 Å². The van der Waals surface area contributed by atoms with Gasteiger partial charge in [0.2, 0.25) is 10.0 Å². The lowest BCUT2D eigenvalue weighted by atomic mass is 9.84. The topological polar surface area (TPSA) is 97.7 Å². The molecule has 2 unspecified atom stereocenters. The number of amides is 1. The van der Waals surface area contributed by atoms with E-state index in [9.17, 15) is 18.0 Å². The van der Waals surface area contributed by atoms with Crippen LogP contribution in [0.25, 0.3) is 0 Å². The molecule has 1 fully saturated rings. The Bertz CT molecular complexity index is 1380. The number of piperidine rings is 1. The quantitative estimate of drug-likeness (QED) is 0.607. The third-order valence-electron chi connectivity index (χ3n) is 6.55. The Morgan fingerprint density at radius 1 is 0.971 bits per heavy atom. The number of methoxy groups -OCH3 is 1. The summed E-state index contributed by atoms with van der Waals surface area (Å²) >= 11 is 0. The average molecular weight is 480 g/mol. The van der Waals surface area contributed by atoms with Crippen LogP contribution in [0.5, 0.6) is 5.75 Å². The second kappa shape index (κ2) is 8.73. The molecule has 2 aromatic carbocycles. The highest BCUT2D eigenvalue weighted by Crippen LogP contribution is 2.37. The van der Waals surface area contributed by atoms with Crippen molar-refractivity contribution in [2.75, 3.05) is 25.5 Å². The van der Waals surface area contributed by atoms with Gasteiger partial charge in [0.1, 0.15) is 11.4 Å². The fraction of sp³-hybridized carbons (Fsp3) is 0.280. The van der Waals surface area contributed by atoms with Gasteiger partial charge >= 0.3 is 0 Å².